The lowest BCUT2D eigenvalue weighted by atomic mass is 9.87. The molecule has 0 spiro atoms. The molecule has 2 aliphatic heterocycles. The predicted octanol–water partition coefficient (Wildman–Crippen LogP) is 3.71. The van der Waals surface area contributed by atoms with E-state index in [-0.39, 0.29) is 18.2 Å². The van der Waals surface area contributed by atoms with Crippen molar-refractivity contribution in [2.75, 3.05) is 0 Å². The van der Waals surface area contributed by atoms with E-state index >= 15 is 0 Å². The number of fused-ring (bicyclic) bond motifs is 2. The number of piperidine rings is 1. The van der Waals surface area contributed by atoms with E-state index in [1.54, 1.807) is 12.1 Å². The van der Waals surface area contributed by atoms with Crippen LogP contribution in [0.4, 0.5) is 4.39 Å². The first kappa shape index (κ1) is 13.8. The molecule has 0 aromatic heterocycles. The lowest BCUT2D eigenvalue weighted by Gasteiger charge is -2.29. The number of rotatable bonds is 3. The van der Waals surface area contributed by atoms with Crippen LogP contribution in [-0.4, -0.2) is 12.1 Å². The summed E-state index contributed by atoms with van der Waals surface area (Å²) in [5.41, 5.74) is 0.887. The Balaban J connectivity index is 0.00000120. The van der Waals surface area contributed by atoms with Crippen molar-refractivity contribution >= 4 is 12.4 Å². The summed E-state index contributed by atoms with van der Waals surface area (Å²) < 4.78 is 13.5. The maximum absolute atomic E-state index is 13.5. The summed E-state index contributed by atoms with van der Waals surface area (Å²) in [6, 6.07) is 8.69. The van der Waals surface area contributed by atoms with Crippen LogP contribution in [-0.2, 0) is 6.42 Å². The maximum Gasteiger partial charge on any atom is 0.126 e. The molecule has 1 aromatic carbocycles. The summed E-state index contributed by atoms with van der Waals surface area (Å²) in [5.74, 6) is 0.762. The summed E-state index contributed by atoms with van der Waals surface area (Å²) in [6.07, 6.45) is 7.34. The molecule has 0 saturated carbocycles. The van der Waals surface area contributed by atoms with E-state index in [1.165, 1.54) is 25.7 Å². The summed E-state index contributed by atoms with van der Waals surface area (Å²) in [4.78, 5) is 0. The van der Waals surface area contributed by atoms with Crippen molar-refractivity contribution < 1.29 is 4.39 Å². The van der Waals surface area contributed by atoms with Gasteiger partial charge in [0.15, 0.2) is 0 Å². The Bertz CT molecular complexity index is 384. The Morgan fingerprint density at radius 3 is 2.44 bits per heavy atom. The molecule has 3 heteroatoms. The minimum Gasteiger partial charge on any atom is -0.311 e. The molecule has 1 N–H and O–H groups in total. The van der Waals surface area contributed by atoms with Gasteiger partial charge < -0.3 is 5.32 Å². The summed E-state index contributed by atoms with van der Waals surface area (Å²) in [5, 5.41) is 3.66. The fourth-order valence-electron chi connectivity index (χ4n) is 3.47. The molecule has 2 fully saturated rings. The lowest BCUT2D eigenvalue weighted by Crippen LogP contribution is -2.38. The van der Waals surface area contributed by atoms with E-state index in [4.69, 9.17) is 0 Å². The van der Waals surface area contributed by atoms with Gasteiger partial charge in [0, 0.05) is 12.1 Å². The molecule has 3 rings (SSSR count). The molecule has 2 saturated heterocycles. The second-order valence-electron chi connectivity index (χ2n) is 5.61. The minimum absolute atomic E-state index is 0. The Hall–Kier alpha value is -0.600. The second kappa shape index (κ2) is 6.03. The zero-order chi connectivity index (χ0) is 11.7. The van der Waals surface area contributed by atoms with Gasteiger partial charge in [0.2, 0.25) is 0 Å². The van der Waals surface area contributed by atoms with Crippen LogP contribution < -0.4 is 5.32 Å². The molecule has 1 aromatic rings. The monoisotopic (exact) mass is 269 g/mol. The molecular weight excluding hydrogens is 249 g/mol. The molecule has 2 aliphatic rings. The first-order valence-corrected chi connectivity index (χ1v) is 6.80. The molecule has 2 atom stereocenters. The van der Waals surface area contributed by atoms with Gasteiger partial charge in [-0.3, -0.25) is 0 Å². The van der Waals surface area contributed by atoms with Crippen LogP contribution in [0.15, 0.2) is 24.3 Å². The highest BCUT2D eigenvalue weighted by molar-refractivity contribution is 5.85. The van der Waals surface area contributed by atoms with Gasteiger partial charge in [-0.05, 0) is 56.1 Å². The Kier molecular flexibility index (Phi) is 4.63. The fraction of sp³-hybridized carbons (Fsp3) is 0.600. The molecule has 1 nitrogen and oxygen atoms in total. The van der Waals surface area contributed by atoms with Gasteiger partial charge in [-0.15, -0.1) is 12.4 Å². The average molecular weight is 270 g/mol. The van der Waals surface area contributed by atoms with Crippen LogP contribution in [0.2, 0.25) is 0 Å². The summed E-state index contributed by atoms with van der Waals surface area (Å²) in [6.45, 7) is 0. The van der Waals surface area contributed by atoms with Crippen LogP contribution in [0.25, 0.3) is 0 Å². The number of halogens is 2. The highest BCUT2D eigenvalue weighted by Gasteiger charge is 2.32. The number of hydrogen-bond donors (Lipinski definition) is 1. The van der Waals surface area contributed by atoms with Crippen molar-refractivity contribution in [1.29, 1.82) is 0 Å². The van der Waals surface area contributed by atoms with Crippen LogP contribution in [0.5, 0.6) is 0 Å². The SMILES string of the molecule is Cl.Fc1ccccc1CCC1CC2CCC(C1)N2. The van der Waals surface area contributed by atoms with Gasteiger partial charge in [0.05, 0.1) is 0 Å². The number of hydrogen-bond acceptors (Lipinski definition) is 1. The lowest BCUT2D eigenvalue weighted by molar-refractivity contribution is 0.285. The normalized spacial score (nSPS) is 29.9. The summed E-state index contributed by atoms with van der Waals surface area (Å²) >= 11 is 0. The van der Waals surface area contributed by atoms with Crippen LogP contribution in [0.3, 0.4) is 0 Å². The van der Waals surface area contributed by atoms with Crippen LogP contribution in [0.1, 0.15) is 37.7 Å². The Morgan fingerprint density at radius 2 is 1.78 bits per heavy atom. The predicted molar refractivity (Wildman–Crippen MR) is 74.6 cm³/mol. The van der Waals surface area contributed by atoms with Crippen molar-refractivity contribution in [2.45, 2.75) is 50.6 Å². The standard InChI is InChI=1S/C15H20FN.ClH/c16-15-4-2-1-3-12(15)6-5-11-9-13-7-8-14(10-11)17-13;/h1-4,11,13-14,17H,5-10H2;1H. The number of nitrogens with one attached hydrogen (secondary N) is 1. The maximum atomic E-state index is 13.5. The van der Waals surface area contributed by atoms with E-state index in [1.807, 2.05) is 12.1 Å². The van der Waals surface area contributed by atoms with Gasteiger partial charge in [0.25, 0.3) is 0 Å². The van der Waals surface area contributed by atoms with E-state index in [0.717, 1.165) is 36.4 Å². The molecule has 18 heavy (non-hydrogen) atoms. The number of benzene rings is 1. The third-order valence-electron chi connectivity index (χ3n) is 4.35. The topological polar surface area (TPSA) is 12.0 Å². The zero-order valence-corrected chi connectivity index (χ0v) is 11.4. The minimum atomic E-state index is -0.0376. The van der Waals surface area contributed by atoms with Gasteiger partial charge in [-0.25, -0.2) is 4.39 Å². The summed E-state index contributed by atoms with van der Waals surface area (Å²) in [7, 11) is 0. The Morgan fingerprint density at radius 1 is 1.11 bits per heavy atom. The van der Waals surface area contributed by atoms with E-state index in [2.05, 4.69) is 5.32 Å². The van der Waals surface area contributed by atoms with Crippen molar-refractivity contribution in [3.63, 3.8) is 0 Å². The molecule has 0 amide bonds. The molecule has 2 bridgehead atoms. The third kappa shape index (κ3) is 3.04. The molecule has 0 aliphatic carbocycles. The van der Waals surface area contributed by atoms with Gasteiger partial charge in [0.1, 0.15) is 5.82 Å². The second-order valence-corrected chi connectivity index (χ2v) is 5.61. The van der Waals surface area contributed by atoms with Crippen molar-refractivity contribution in [3.05, 3.63) is 35.6 Å². The largest absolute Gasteiger partial charge is 0.311 e. The highest BCUT2D eigenvalue weighted by Crippen LogP contribution is 2.33. The zero-order valence-electron chi connectivity index (χ0n) is 10.6. The van der Waals surface area contributed by atoms with Crippen molar-refractivity contribution in [1.82, 2.24) is 5.32 Å². The van der Waals surface area contributed by atoms with E-state index < -0.39 is 0 Å². The van der Waals surface area contributed by atoms with E-state index in [0.29, 0.717) is 0 Å². The Labute approximate surface area is 115 Å². The van der Waals surface area contributed by atoms with Gasteiger partial charge in [-0.2, -0.15) is 0 Å². The van der Waals surface area contributed by atoms with Crippen LogP contribution >= 0.6 is 12.4 Å². The van der Waals surface area contributed by atoms with Gasteiger partial charge >= 0.3 is 0 Å². The molecule has 0 radical (unpaired) electrons. The van der Waals surface area contributed by atoms with Gasteiger partial charge in [-0.1, -0.05) is 18.2 Å². The molecule has 2 heterocycles. The first-order valence-electron chi connectivity index (χ1n) is 6.80. The fourth-order valence-corrected chi connectivity index (χ4v) is 3.47. The number of aryl methyl sites for hydroxylation is 1. The smallest absolute Gasteiger partial charge is 0.126 e. The molecular formula is C15H21ClFN. The van der Waals surface area contributed by atoms with Crippen molar-refractivity contribution in [2.24, 2.45) is 5.92 Å². The highest BCUT2D eigenvalue weighted by atomic mass is 35.5. The third-order valence-corrected chi connectivity index (χ3v) is 4.35. The van der Waals surface area contributed by atoms with Crippen molar-refractivity contribution in [3.8, 4) is 0 Å². The molecule has 2 unspecified atom stereocenters. The van der Waals surface area contributed by atoms with E-state index in [9.17, 15) is 4.39 Å². The quantitative estimate of drug-likeness (QED) is 0.882. The van der Waals surface area contributed by atoms with Crippen LogP contribution in [0, 0.1) is 11.7 Å². The first-order chi connectivity index (χ1) is 8.31. The molecule has 100 valence electrons. The average Bonchev–Trinajstić information content (AvgIpc) is 2.68.